The molecular formula is C16H19N3O. The van der Waals surface area contributed by atoms with E-state index in [-0.39, 0.29) is 0 Å². The summed E-state index contributed by atoms with van der Waals surface area (Å²) in [5, 5.41) is 3.22. The first-order chi connectivity index (χ1) is 9.66. The standard InChI is InChI=1S/C16H19N3O/c17-13-8-9-14(16(18)20)15(11-13)19-10-4-7-12-5-2-1-3-6-12/h1-3,5-6,8-9,11,19H,4,7,10,17H2,(H2,18,20). The predicted octanol–water partition coefficient (Wildman–Crippen LogP) is 2.41. The van der Waals surface area contributed by atoms with Crippen LogP contribution < -0.4 is 16.8 Å². The molecule has 2 aromatic rings. The van der Waals surface area contributed by atoms with Crippen molar-refractivity contribution < 1.29 is 4.79 Å². The molecule has 0 aliphatic heterocycles. The zero-order valence-electron chi connectivity index (χ0n) is 11.3. The molecule has 0 aliphatic carbocycles. The highest BCUT2D eigenvalue weighted by atomic mass is 16.1. The summed E-state index contributed by atoms with van der Waals surface area (Å²) < 4.78 is 0. The smallest absolute Gasteiger partial charge is 0.250 e. The van der Waals surface area contributed by atoms with Gasteiger partial charge in [-0.15, -0.1) is 0 Å². The number of rotatable bonds is 6. The summed E-state index contributed by atoms with van der Waals surface area (Å²) in [6.45, 7) is 0.763. The molecule has 104 valence electrons. The average molecular weight is 269 g/mol. The van der Waals surface area contributed by atoms with Crippen LogP contribution >= 0.6 is 0 Å². The lowest BCUT2D eigenvalue weighted by molar-refractivity contribution is 0.100. The molecule has 1 amide bonds. The van der Waals surface area contributed by atoms with Gasteiger partial charge >= 0.3 is 0 Å². The van der Waals surface area contributed by atoms with E-state index in [1.165, 1.54) is 5.56 Å². The minimum Gasteiger partial charge on any atom is -0.399 e. The van der Waals surface area contributed by atoms with Gasteiger partial charge in [-0.2, -0.15) is 0 Å². The summed E-state index contributed by atoms with van der Waals surface area (Å²) in [5.41, 5.74) is 14.2. The summed E-state index contributed by atoms with van der Waals surface area (Å²) in [4.78, 5) is 11.3. The summed E-state index contributed by atoms with van der Waals surface area (Å²) in [6.07, 6.45) is 1.96. The van der Waals surface area contributed by atoms with E-state index >= 15 is 0 Å². The molecule has 20 heavy (non-hydrogen) atoms. The number of aryl methyl sites for hydroxylation is 1. The third-order valence-corrected chi connectivity index (χ3v) is 3.11. The molecule has 0 radical (unpaired) electrons. The summed E-state index contributed by atoms with van der Waals surface area (Å²) in [5.74, 6) is -0.449. The second-order valence-electron chi connectivity index (χ2n) is 4.69. The number of carbonyl (C=O) groups excluding carboxylic acids is 1. The second kappa shape index (κ2) is 6.61. The fourth-order valence-corrected chi connectivity index (χ4v) is 2.08. The van der Waals surface area contributed by atoms with Crippen LogP contribution in [0.2, 0.25) is 0 Å². The third kappa shape index (κ3) is 3.75. The predicted molar refractivity (Wildman–Crippen MR) is 82.6 cm³/mol. The van der Waals surface area contributed by atoms with Crippen LogP contribution in [0, 0.1) is 0 Å². The Morgan fingerprint density at radius 1 is 1.10 bits per heavy atom. The van der Waals surface area contributed by atoms with E-state index in [2.05, 4.69) is 17.4 Å². The van der Waals surface area contributed by atoms with Gasteiger partial charge in [0, 0.05) is 17.9 Å². The monoisotopic (exact) mass is 269 g/mol. The minimum atomic E-state index is -0.449. The zero-order chi connectivity index (χ0) is 14.4. The van der Waals surface area contributed by atoms with Crippen molar-refractivity contribution in [1.29, 1.82) is 0 Å². The SMILES string of the molecule is NC(=O)c1ccc(N)cc1NCCCc1ccccc1. The molecule has 0 aromatic heterocycles. The number of nitrogens with one attached hydrogen (secondary N) is 1. The van der Waals surface area contributed by atoms with Crippen LogP contribution in [0.4, 0.5) is 11.4 Å². The van der Waals surface area contributed by atoms with Gasteiger partial charge in [0.25, 0.3) is 5.91 Å². The van der Waals surface area contributed by atoms with Gasteiger partial charge in [-0.25, -0.2) is 0 Å². The summed E-state index contributed by atoms with van der Waals surface area (Å²) >= 11 is 0. The zero-order valence-corrected chi connectivity index (χ0v) is 11.3. The number of nitrogen functional groups attached to an aromatic ring is 1. The van der Waals surface area contributed by atoms with Gasteiger partial charge in [-0.1, -0.05) is 30.3 Å². The summed E-state index contributed by atoms with van der Waals surface area (Å²) in [6, 6.07) is 15.4. The first-order valence-corrected chi connectivity index (χ1v) is 6.64. The van der Waals surface area contributed by atoms with Crippen molar-refractivity contribution in [3.8, 4) is 0 Å². The van der Waals surface area contributed by atoms with Gasteiger partial charge in [-0.05, 0) is 36.6 Å². The molecule has 0 bridgehead atoms. The molecule has 2 aromatic carbocycles. The maximum Gasteiger partial charge on any atom is 0.250 e. The Labute approximate surface area is 118 Å². The van der Waals surface area contributed by atoms with Crippen LogP contribution in [0.3, 0.4) is 0 Å². The molecule has 0 saturated heterocycles. The summed E-state index contributed by atoms with van der Waals surface area (Å²) in [7, 11) is 0. The lowest BCUT2D eigenvalue weighted by Gasteiger charge is -2.11. The average Bonchev–Trinajstić information content (AvgIpc) is 2.44. The number of hydrogen-bond acceptors (Lipinski definition) is 3. The Morgan fingerprint density at radius 3 is 2.55 bits per heavy atom. The van der Waals surface area contributed by atoms with Crippen molar-refractivity contribution >= 4 is 17.3 Å². The Hall–Kier alpha value is -2.49. The Morgan fingerprint density at radius 2 is 1.85 bits per heavy atom. The molecule has 0 atom stereocenters. The minimum absolute atomic E-state index is 0.449. The third-order valence-electron chi connectivity index (χ3n) is 3.11. The van der Waals surface area contributed by atoms with Crippen molar-refractivity contribution in [3.63, 3.8) is 0 Å². The lowest BCUT2D eigenvalue weighted by Crippen LogP contribution is -2.15. The van der Waals surface area contributed by atoms with Crippen molar-refractivity contribution in [2.24, 2.45) is 5.73 Å². The maximum absolute atomic E-state index is 11.3. The van der Waals surface area contributed by atoms with Crippen molar-refractivity contribution in [1.82, 2.24) is 0 Å². The van der Waals surface area contributed by atoms with Gasteiger partial charge in [-0.3, -0.25) is 4.79 Å². The number of nitrogens with two attached hydrogens (primary N) is 2. The first-order valence-electron chi connectivity index (χ1n) is 6.64. The van der Waals surface area contributed by atoms with Crippen LogP contribution in [-0.4, -0.2) is 12.5 Å². The molecular weight excluding hydrogens is 250 g/mol. The Kier molecular flexibility index (Phi) is 4.60. The highest BCUT2D eigenvalue weighted by molar-refractivity contribution is 5.99. The van der Waals surface area contributed by atoms with E-state index < -0.39 is 5.91 Å². The van der Waals surface area contributed by atoms with E-state index in [9.17, 15) is 4.79 Å². The van der Waals surface area contributed by atoms with Crippen LogP contribution in [0.5, 0.6) is 0 Å². The number of primary amides is 1. The largest absolute Gasteiger partial charge is 0.399 e. The molecule has 0 heterocycles. The molecule has 5 N–H and O–H groups in total. The first kappa shape index (κ1) is 13.9. The van der Waals surface area contributed by atoms with Crippen LogP contribution in [0.15, 0.2) is 48.5 Å². The molecule has 4 heteroatoms. The van der Waals surface area contributed by atoms with Crippen LogP contribution in [-0.2, 0) is 6.42 Å². The van der Waals surface area contributed by atoms with Crippen LogP contribution in [0.25, 0.3) is 0 Å². The number of hydrogen-bond donors (Lipinski definition) is 3. The quantitative estimate of drug-likeness (QED) is 0.556. The number of carbonyl (C=O) groups is 1. The highest BCUT2D eigenvalue weighted by Gasteiger charge is 2.07. The lowest BCUT2D eigenvalue weighted by atomic mass is 10.1. The number of anilines is 2. The molecule has 0 aliphatic rings. The highest BCUT2D eigenvalue weighted by Crippen LogP contribution is 2.18. The van der Waals surface area contributed by atoms with Crippen LogP contribution in [0.1, 0.15) is 22.3 Å². The molecule has 0 spiro atoms. The van der Waals surface area contributed by atoms with Gasteiger partial charge in [0.1, 0.15) is 0 Å². The van der Waals surface area contributed by atoms with Gasteiger partial charge in [0.2, 0.25) is 0 Å². The molecule has 2 rings (SSSR count). The molecule has 0 fully saturated rings. The Bertz CT molecular complexity index is 582. The topological polar surface area (TPSA) is 81.1 Å². The second-order valence-corrected chi connectivity index (χ2v) is 4.69. The maximum atomic E-state index is 11.3. The van der Waals surface area contributed by atoms with Crippen molar-refractivity contribution in [2.75, 3.05) is 17.6 Å². The number of amides is 1. The van der Waals surface area contributed by atoms with Gasteiger partial charge < -0.3 is 16.8 Å². The Balaban J connectivity index is 1.91. The van der Waals surface area contributed by atoms with E-state index in [0.29, 0.717) is 16.9 Å². The molecule has 0 saturated carbocycles. The van der Waals surface area contributed by atoms with Crippen molar-refractivity contribution in [3.05, 3.63) is 59.7 Å². The van der Waals surface area contributed by atoms with Gasteiger partial charge in [0.05, 0.1) is 5.56 Å². The van der Waals surface area contributed by atoms with E-state index in [1.54, 1.807) is 18.2 Å². The van der Waals surface area contributed by atoms with E-state index in [1.807, 2.05) is 18.2 Å². The van der Waals surface area contributed by atoms with E-state index in [0.717, 1.165) is 19.4 Å². The van der Waals surface area contributed by atoms with Crippen molar-refractivity contribution in [2.45, 2.75) is 12.8 Å². The van der Waals surface area contributed by atoms with E-state index in [4.69, 9.17) is 11.5 Å². The fraction of sp³-hybridized carbons (Fsp3) is 0.188. The molecule has 4 nitrogen and oxygen atoms in total. The van der Waals surface area contributed by atoms with Gasteiger partial charge in [0.15, 0.2) is 0 Å². The normalized spacial score (nSPS) is 10.2. The molecule has 0 unspecified atom stereocenters. The fourth-order valence-electron chi connectivity index (χ4n) is 2.08. The number of benzene rings is 2.